The third-order valence-electron chi connectivity index (χ3n) is 4.10. The Balaban J connectivity index is 1.87. The summed E-state index contributed by atoms with van der Waals surface area (Å²) in [4.78, 5) is 17.3. The van der Waals surface area contributed by atoms with Gasteiger partial charge in [0.2, 0.25) is 11.3 Å². The molecule has 0 saturated carbocycles. The smallest absolute Gasteiger partial charge is 0.263 e. The van der Waals surface area contributed by atoms with Crippen LogP contribution in [0, 0.1) is 6.92 Å². The monoisotopic (exact) mass is 395 g/mol. The van der Waals surface area contributed by atoms with Crippen LogP contribution in [0.2, 0.25) is 0 Å². The van der Waals surface area contributed by atoms with Gasteiger partial charge in [0.05, 0.1) is 5.52 Å². The number of aromatic nitrogens is 3. The van der Waals surface area contributed by atoms with Gasteiger partial charge in [0.1, 0.15) is 5.56 Å². The molecule has 2 aromatic heterocycles. The highest BCUT2D eigenvalue weighted by Gasteiger charge is 2.16. The fraction of sp³-hybridized carbons (Fsp3) is 0.105. The maximum atomic E-state index is 12.9. The summed E-state index contributed by atoms with van der Waals surface area (Å²) in [6.07, 6.45) is 1.73. The second-order valence-electron chi connectivity index (χ2n) is 5.93. The third kappa shape index (κ3) is 2.78. The van der Waals surface area contributed by atoms with Crippen molar-refractivity contribution in [2.75, 3.05) is 0 Å². The summed E-state index contributed by atoms with van der Waals surface area (Å²) < 4.78 is 8.23. The highest BCUT2D eigenvalue weighted by Crippen LogP contribution is 2.23. The van der Waals surface area contributed by atoms with Crippen molar-refractivity contribution in [3.8, 4) is 22.8 Å². The molecule has 0 aliphatic heterocycles. The highest BCUT2D eigenvalue weighted by atomic mass is 79.9. The molecule has 0 amide bonds. The SMILES string of the molecule is Cc1ccc2c(c1)c(=O)c(-c1nc(-c3ccc(Br)cc3)no1)cn2C. The zero-order chi connectivity index (χ0) is 17.6. The first-order chi connectivity index (χ1) is 12.0. The quantitative estimate of drug-likeness (QED) is 0.506. The Morgan fingerprint density at radius 2 is 1.88 bits per heavy atom. The van der Waals surface area contributed by atoms with Gasteiger partial charge in [0, 0.05) is 28.7 Å². The molecule has 6 heteroatoms. The van der Waals surface area contributed by atoms with Crippen molar-refractivity contribution < 1.29 is 4.52 Å². The largest absolute Gasteiger partial charge is 0.350 e. The molecular weight excluding hydrogens is 382 g/mol. The molecule has 2 heterocycles. The topological polar surface area (TPSA) is 60.9 Å². The molecule has 0 spiro atoms. The maximum Gasteiger partial charge on any atom is 0.263 e. The van der Waals surface area contributed by atoms with Crippen molar-refractivity contribution in [1.29, 1.82) is 0 Å². The minimum atomic E-state index is -0.109. The van der Waals surface area contributed by atoms with Gasteiger partial charge >= 0.3 is 0 Å². The molecule has 5 nitrogen and oxygen atoms in total. The molecule has 4 rings (SSSR count). The van der Waals surface area contributed by atoms with Crippen LogP contribution in [0.5, 0.6) is 0 Å². The van der Waals surface area contributed by atoms with E-state index in [1.54, 1.807) is 6.20 Å². The van der Waals surface area contributed by atoms with Crippen molar-refractivity contribution in [2.45, 2.75) is 6.92 Å². The Kier molecular flexibility index (Phi) is 3.77. The third-order valence-corrected chi connectivity index (χ3v) is 4.63. The molecule has 0 unspecified atom stereocenters. The number of aryl methyl sites for hydroxylation is 2. The molecular formula is C19H14BrN3O2. The normalized spacial score (nSPS) is 11.2. The van der Waals surface area contributed by atoms with E-state index in [2.05, 4.69) is 26.1 Å². The van der Waals surface area contributed by atoms with Gasteiger partial charge in [-0.1, -0.05) is 32.7 Å². The molecule has 0 saturated heterocycles. The van der Waals surface area contributed by atoms with E-state index in [1.807, 2.05) is 61.0 Å². The molecule has 25 heavy (non-hydrogen) atoms. The van der Waals surface area contributed by atoms with E-state index in [0.717, 1.165) is 21.1 Å². The molecule has 0 aliphatic carbocycles. The van der Waals surface area contributed by atoms with Gasteiger partial charge < -0.3 is 9.09 Å². The van der Waals surface area contributed by atoms with Crippen LogP contribution in [-0.4, -0.2) is 14.7 Å². The zero-order valence-electron chi connectivity index (χ0n) is 13.7. The second kappa shape index (κ2) is 5.97. The van der Waals surface area contributed by atoms with Crippen molar-refractivity contribution in [3.63, 3.8) is 0 Å². The van der Waals surface area contributed by atoms with Crippen LogP contribution in [0.1, 0.15) is 5.56 Å². The van der Waals surface area contributed by atoms with Crippen LogP contribution in [0.15, 0.2) is 62.5 Å². The van der Waals surface area contributed by atoms with Crippen molar-refractivity contribution in [2.24, 2.45) is 7.05 Å². The lowest BCUT2D eigenvalue weighted by molar-refractivity contribution is 0.432. The van der Waals surface area contributed by atoms with Crippen molar-refractivity contribution >= 4 is 26.8 Å². The van der Waals surface area contributed by atoms with Gasteiger partial charge in [-0.05, 0) is 43.3 Å². The zero-order valence-corrected chi connectivity index (χ0v) is 15.2. The summed E-state index contributed by atoms with van der Waals surface area (Å²) in [5.74, 6) is 0.677. The Morgan fingerprint density at radius 3 is 2.64 bits per heavy atom. The van der Waals surface area contributed by atoms with Crippen molar-refractivity contribution in [1.82, 2.24) is 14.7 Å². The van der Waals surface area contributed by atoms with Crippen LogP contribution >= 0.6 is 15.9 Å². The molecule has 0 N–H and O–H groups in total. The number of pyridine rings is 1. The van der Waals surface area contributed by atoms with Gasteiger partial charge in [0.15, 0.2) is 0 Å². The number of nitrogens with zero attached hydrogens (tertiary/aromatic N) is 3. The highest BCUT2D eigenvalue weighted by molar-refractivity contribution is 9.10. The molecule has 0 bridgehead atoms. The number of hydrogen-bond acceptors (Lipinski definition) is 4. The van der Waals surface area contributed by atoms with E-state index in [4.69, 9.17) is 4.52 Å². The maximum absolute atomic E-state index is 12.9. The lowest BCUT2D eigenvalue weighted by Gasteiger charge is -2.07. The summed E-state index contributed by atoms with van der Waals surface area (Å²) in [5.41, 5.74) is 3.01. The fourth-order valence-corrected chi connectivity index (χ4v) is 3.07. The molecule has 0 atom stereocenters. The van der Waals surface area contributed by atoms with Crippen LogP contribution in [0.25, 0.3) is 33.7 Å². The van der Waals surface area contributed by atoms with Gasteiger partial charge in [-0.2, -0.15) is 4.98 Å². The minimum absolute atomic E-state index is 0.109. The predicted octanol–water partition coefficient (Wildman–Crippen LogP) is 4.33. The van der Waals surface area contributed by atoms with E-state index in [-0.39, 0.29) is 11.3 Å². The average molecular weight is 396 g/mol. The Bertz CT molecular complexity index is 1140. The van der Waals surface area contributed by atoms with Crippen molar-refractivity contribution in [3.05, 3.63) is 68.9 Å². The standard InChI is InChI=1S/C19H14BrN3O2/c1-11-3-8-16-14(9-11)17(24)15(10-23(16)2)19-21-18(22-25-19)12-4-6-13(20)7-5-12/h3-10H,1-2H3. The average Bonchev–Trinajstić information content (AvgIpc) is 3.08. The summed E-state index contributed by atoms with van der Waals surface area (Å²) in [7, 11) is 1.90. The van der Waals surface area contributed by atoms with E-state index >= 15 is 0 Å². The minimum Gasteiger partial charge on any atom is -0.350 e. The second-order valence-corrected chi connectivity index (χ2v) is 6.85. The first-order valence-electron chi connectivity index (χ1n) is 7.73. The summed E-state index contributed by atoms with van der Waals surface area (Å²) >= 11 is 3.40. The van der Waals surface area contributed by atoms with E-state index < -0.39 is 0 Å². The molecule has 2 aromatic carbocycles. The van der Waals surface area contributed by atoms with E-state index in [1.165, 1.54) is 0 Å². The number of rotatable bonds is 2. The van der Waals surface area contributed by atoms with Gasteiger partial charge in [-0.15, -0.1) is 0 Å². The Morgan fingerprint density at radius 1 is 1.12 bits per heavy atom. The van der Waals surface area contributed by atoms with Gasteiger partial charge in [-0.25, -0.2) is 0 Å². The van der Waals surface area contributed by atoms with Gasteiger partial charge in [-0.3, -0.25) is 4.79 Å². The summed E-state index contributed by atoms with van der Waals surface area (Å²) in [6, 6.07) is 13.4. The fourth-order valence-electron chi connectivity index (χ4n) is 2.81. The lowest BCUT2D eigenvalue weighted by Crippen LogP contribution is -2.10. The Hall–Kier alpha value is -2.73. The van der Waals surface area contributed by atoms with E-state index in [9.17, 15) is 4.79 Å². The molecule has 0 aliphatic rings. The number of hydrogen-bond donors (Lipinski definition) is 0. The van der Waals surface area contributed by atoms with Crippen LogP contribution in [-0.2, 0) is 7.05 Å². The number of benzene rings is 2. The van der Waals surface area contributed by atoms with Crippen LogP contribution in [0.3, 0.4) is 0 Å². The molecule has 124 valence electrons. The Labute approximate surface area is 152 Å². The number of halogens is 1. The summed E-state index contributed by atoms with van der Waals surface area (Å²) in [5, 5.41) is 4.65. The first-order valence-corrected chi connectivity index (χ1v) is 8.52. The molecule has 4 aromatic rings. The van der Waals surface area contributed by atoms with E-state index in [0.29, 0.717) is 16.8 Å². The number of fused-ring (bicyclic) bond motifs is 1. The molecule has 0 radical (unpaired) electrons. The predicted molar refractivity (Wildman–Crippen MR) is 100 cm³/mol. The lowest BCUT2D eigenvalue weighted by atomic mass is 10.1. The van der Waals surface area contributed by atoms with Crippen LogP contribution < -0.4 is 5.43 Å². The van der Waals surface area contributed by atoms with Crippen LogP contribution in [0.4, 0.5) is 0 Å². The van der Waals surface area contributed by atoms with Gasteiger partial charge in [0.25, 0.3) is 5.89 Å². The summed E-state index contributed by atoms with van der Waals surface area (Å²) in [6.45, 7) is 1.96. The molecule has 0 fully saturated rings. The first kappa shape index (κ1) is 15.8.